The highest BCUT2D eigenvalue weighted by atomic mass is 16.6. The summed E-state index contributed by atoms with van der Waals surface area (Å²) in [5.74, 6) is -1.29. The quantitative estimate of drug-likeness (QED) is 0.385. The third-order valence-electron chi connectivity index (χ3n) is 4.18. The van der Waals surface area contributed by atoms with E-state index in [1.165, 1.54) is 0 Å². The van der Waals surface area contributed by atoms with Gasteiger partial charge in [-0.15, -0.1) is 0 Å². The Kier molecular flexibility index (Phi) is 3.75. The van der Waals surface area contributed by atoms with Crippen molar-refractivity contribution in [2.75, 3.05) is 0 Å². The molecule has 4 rings (SSSR count). The number of carbonyl (C=O) groups excluding carboxylic acids is 2. The molecule has 0 fully saturated rings. The zero-order valence-electron chi connectivity index (χ0n) is 13.3. The van der Waals surface area contributed by atoms with Gasteiger partial charge in [-0.1, -0.05) is 66.7 Å². The summed E-state index contributed by atoms with van der Waals surface area (Å²) in [6.45, 7) is 0. The van der Waals surface area contributed by atoms with Gasteiger partial charge in [0.15, 0.2) is 0 Å². The first-order valence-corrected chi connectivity index (χ1v) is 7.95. The molecule has 0 saturated carbocycles. The van der Waals surface area contributed by atoms with Crippen LogP contribution >= 0.6 is 0 Å². The lowest BCUT2D eigenvalue weighted by atomic mass is 10.0. The number of carbonyl (C=O) groups is 2. The van der Waals surface area contributed by atoms with E-state index in [9.17, 15) is 9.59 Å². The van der Waals surface area contributed by atoms with Gasteiger partial charge in [0.2, 0.25) is 0 Å². The van der Waals surface area contributed by atoms with Crippen molar-refractivity contribution in [3.8, 4) is 0 Å². The van der Waals surface area contributed by atoms with Crippen LogP contribution in [0.2, 0.25) is 0 Å². The van der Waals surface area contributed by atoms with Gasteiger partial charge >= 0.3 is 11.9 Å². The fraction of sp³-hybridized carbons (Fsp3) is 0. The maximum absolute atomic E-state index is 12.5. The first-order valence-electron chi connectivity index (χ1n) is 7.95. The molecule has 0 unspecified atom stereocenters. The molecule has 3 nitrogen and oxygen atoms in total. The van der Waals surface area contributed by atoms with E-state index in [1.54, 1.807) is 24.3 Å². The van der Waals surface area contributed by atoms with E-state index in [0.717, 1.165) is 21.5 Å². The molecule has 0 amide bonds. The third-order valence-corrected chi connectivity index (χ3v) is 4.18. The molecule has 0 aromatic heterocycles. The van der Waals surface area contributed by atoms with Crippen LogP contribution in [0.4, 0.5) is 0 Å². The van der Waals surface area contributed by atoms with Crippen LogP contribution in [0.3, 0.4) is 0 Å². The number of hydrogen-bond acceptors (Lipinski definition) is 3. The predicted octanol–water partition coefficient (Wildman–Crippen LogP) is 4.99. The predicted molar refractivity (Wildman–Crippen MR) is 97.6 cm³/mol. The van der Waals surface area contributed by atoms with Gasteiger partial charge in [0.05, 0.1) is 11.1 Å². The van der Waals surface area contributed by atoms with E-state index >= 15 is 0 Å². The van der Waals surface area contributed by atoms with E-state index in [-0.39, 0.29) is 0 Å². The minimum Gasteiger partial charge on any atom is -0.386 e. The summed E-state index contributed by atoms with van der Waals surface area (Å²) in [4.78, 5) is 24.8. The normalized spacial score (nSPS) is 10.7. The molecule has 3 heteroatoms. The summed E-state index contributed by atoms with van der Waals surface area (Å²) in [6, 6.07) is 25.8. The van der Waals surface area contributed by atoms with Gasteiger partial charge in [0.1, 0.15) is 0 Å². The van der Waals surface area contributed by atoms with Crippen LogP contribution in [-0.2, 0) is 4.74 Å². The van der Waals surface area contributed by atoms with Crippen LogP contribution in [-0.4, -0.2) is 11.9 Å². The van der Waals surface area contributed by atoms with Crippen LogP contribution in [0.25, 0.3) is 21.5 Å². The van der Waals surface area contributed by atoms with Crippen LogP contribution in [0.1, 0.15) is 20.7 Å². The summed E-state index contributed by atoms with van der Waals surface area (Å²) >= 11 is 0. The van der Waals surface area contributed by atoms with Crippen LogP contribution in [0, 0.1) is 0 Å². The van der Waals surface area contributed by atoms with E-state index in [1.807, 2.05) is 60.7 Å². The van der Waals surface area contributed by atoms with E-state index in [2.05, 4.69) is 0 Å². The molecule has 0 heterocycles. The average molecular weight is 326 g/mol. The standard InChI is InChI=1S/C22H14O3/c23-21(18-13-12-15-6-1-2-8-17(15)14-18)25-22(24)20-11-5-9-16-7-3-4-10-19(16)20/h1-14H. The Bertz CT molecular complexity index is 1110. The average Bonchev–Trinajstić information content (AvgIpc) is 2.67. The molecule has 0 atom stereocenters. The van der Waals surface area contributed by atoms with Crippen molar-refractivity contribution < 1.29 is 14.3 Å². The number of hydrogen-bond donors (Lipinski definition) is 0. The van der Waals surface area contributed by atoms with E-state index in [0.29, 0.717) is 11.1 Å². The Balaban J connectivity index is 1.64. The van der Waals surface area contributed by atoms with Crippen molar-refractivity contribution in [2.24, 2.45) is 0 Å². The molecule has 25 heavy (non-hydrogen) atoms. The zero-order chi connectivity index (χ0) is 17.2. The Morgan fingerprint density at radius 1 is 0.600 bits per heavy atom. The van der Waals surface area contributed by atoms with Crippen LogP contribution < -0.4 is 0 Å². The van der Waals surface area contributed by atoms with Crippen LogP contribution in [0.15, 0.2) is 84.9 Å². The Hall–Kier alpha value is -3.46. The van der Waals surface area contributed by atoms with Gasteiger partial charge in [-0.3, -0.25) is 0 Å². The molecule has 0 aliphatic rings. The second-order valence-electron chi connectivity index (χ2n) is 5.77. The summed E-state index contributed by atoms with van der Waals surface area (Å²) in [6.07, 6.45) is 0. The summed E-state index contributed by atoms with van der Waals surface area (Å²) in [7, 11) is 0. The number of benzene rings is 4. The summed E-state index contributed by atoms with van der Waals surface area (Å²) < 4.78 is 5.10. The molecule has 120 valence electrons. The second-order valence-corrected chi connectivity index (χ2v) is 5.77. The topological polar surface area (TPSA) is 43.4 Å². The molecule has 4 aromatic rings. The second kappa shape index (κ2) is 6.21. The molecule has 0 aliphatic carbocycles. The molecule has 4 aromatic carbocycles. The van der Waals surface area contributed by atoms with Crippen LogP contribution in [0.5, 0.6) is 0 Å². The van der Waals surface area contributed by atoms with Gasteiger partial charge in [-0.25, -0.2) is 9.59 Å². The van der Waals surface area contributed by atoms with Gasteiger partial charge in [0, 0.05) is 0 Å². The van der Waals surface area contributed by atoms with Gasteiger partial charge < -0.3 is 4.74 Å². The highest BCUT2D eigenvalue weighted by Gasteiger charge is 2.17. The number of esters is 2. The molecule has 0 aliphatic heterocycles. The van der Waals surface area contributed by atoms with Gasteiger partial charge in [0.25, 0.3) is 0 Å². The van der Waals surface area contributed by atoms with Crippen molar-refractivity contribution >= 4 is 33.5 Å². The Morgan fingerprint density at radius 2 is 1.28 bits per heavy atom. The lowest BCUT2D eigenvalue weighted by Crippen LogP contribution is -2.13. The number of fused-ring (bicyclic) bond motifs is 2. The fourth-order valence-corrected chi connectivity index (χ4v) is 2.92. The fourth-order valence-electron chi connectivity index (χ4n) is 2.92. The SMILES string of the molecule is O=C(OC(=O)c1cccc2ccccc12)c1ccc2ccccc2c1. The lowest BCUT2D eigenvalue weighted by Gasteiger charge is -2.07. The zero-order valence-corrected chi connectivity index (χ0v) is 13.3. The van der Waals surface area contributed by atoms with E-state index < -0.39 is 11.9 Å². The Labute approximate surface area is 144 Å². The highest BCUT2D eigenvalue weighted by Crippen LogP contribution is 2.21. The molecular formula is C22H14O3. The largest absolute Gasteiger partial charge is 0.386 e. The molecule has 0 saturated heterocycles. The minimum atomic E-state index is -0.649. The molecule has 0 bridgehead atoms. The Morgan fingerprint density at radius 3 is 2.12 bits per heavy atom. The summed E-state index contributed by atoms with van der Waals surface area (Å²) in [5, 5.41) is 3.64. The van der Waals surface area contributed by atoms with Gasteiger partial charge in [-0.05, 0) is 39.7 Å². The lowest BCUT2D eigenvalue weighted by molar-refractivity contribution is 0.0399. The minimum absolute atomic E-state index is 0.354. The third kappa shape index (κ3) is 2.88. The summed E-state index contributed by atoms with van der Waals surface area (Å²) in [5.41, 5.74) is 0.736. The maximum atomic E-state index is 12.5. The molecule has 0 N–H and O–H groups in total. The van der Waals surface area contributed by atoms with Crippen molar-refractivity contribution in [1.29, 1.82) is 0 Å². The first-order chi connectivity index (χ1) is 12.2. The number of rotatable bonds is 2. The van der Waals surface area contributed by atoms with E-state index in [4.69, 9.17) is 4.74 Å². The monoisotopic (exact) mass is 326 g/mol. The van der Waals surface area contributed by atoms with Crippen molar-refractivity contribution in [3.05, 3.63) is 96.1 Å². The molecule has 0 spiro atoms. The smallest absolute Gasteiger partial charge is 0.346 e. The maximum Gasteiger partial charge on any atom is 0.346 e. The molecule has 0 radical (unpaired) electrons. The number of ether oxygens (including phenoxy) is 1. The highest BCUT2D eigenvalue weighted by molar-refractivity contribution is 6.10. The first kappa shape index (κ1) is 15.1. The van der Waals surface area contributed by atoms with Crippen molar-refractivity contribution in [1.82, 2.24) is 0 Å². The molecular weight excluding hydrogens is 312 g/mol. The van der Waals surface area contributed by atoms with Gasteiger partial charge in [-0.2, -0.15) is 0 Å². The van der Waals surface area contributed by atoms with Crippen molar-refractivity contribution in [3.63, 3.8) is 0 Å². The van der Waals surface area contributed by atoms with Crippen molar-refractivity contribution in [2.45, 2.75) is 0 Å².